The molecule has 0 aliphatic carbocycles. The molecule has 4 heterocycles. The van der Waals surface area contributed by atoms with Crippen LogP contribution in [0.2, 0.25) is 0 Å². The molecular weight excluding hydrogens is 787 g/mol. The lowest BCUT2D eigenvalue weighted by Crippen LogP contribution is -2.35. The Morgan fingerprint density at radius 3 is 1.73 bits per heavy atom. The van der Waals surface area contributed by atoms with Crippen LogP contribution in [-0.4, -0.2) is 19.1 Å². The first-order chi connectivity index (χ1) is 31.2. The molecule has 5 nitrogen and oxygen atoms in total. The van der Waals surface area contributed by atoms with Gasteiger partial charge in [-0.3, -0.25) is 0 Å². The average Bonchev–Trinajstić information content (AvgIpc) is 4.01. The van der Waals surface area contributed by atoms with E-state index in [0.717, 1.165) is 45.0 Å². The van der Waals surface area contributed by atoms with E-state index in [-0.39, 0.29) is 0 Å². The Labute approximate surface area is 366 Å². The van der Waals surface area contributed by atoms with E-state index in [9.17, 15) is 0 Å². The highest BCUT2D eigenvalue weighted by Gasteiger charge is 2.23. The van der Waals surface area contributed by atoms with Gasteiger partial charge in [0.15, 0.2) is 0 Å². The molecule has 9 aromatic carbocycles. The van der Waals surface area contributed by atoms with E-state index in [1.165, 1.54) is 63.9 Å². The lowest BCUT2D eigenvalue weighted by atomic mass is 10.0. The van der Waals surface area contributed by atoms with Crippen molar-refractivity contribution in [1.29, 1.82) is 0 Å². The van der Waals surface area contributed by atoms with Gasteiger partial charge in [0, 0.05) is 53.1 Å². The molecule has 0 bridgehead atoms. The quantitative estimate of drug-likeness (QED) is 0.157. The number of thiophene rings is 1. The Morgan fingerprint density at radius 2 is 0.952 bits per heavy atom. The van der Waals surface area contributed by atoms with E-state index in [1.807, 2.05) is 23.7 Å². The van der Waals surface area contributed by atoms with Crippen molar-refractivity contribution < 1.29 is 4.57 Å². The fourth-order valence-corrected chi connectivity index (χ4v) is 10.6. The maximum atomic E-state index is 5.37. The minimum absolute atomic E-state index is 0.658. The fourth-order valence-electron chi connectivity index (χ4n) is 9.55. The highest BCUT2D eigenvalue weighted by atomic mass is 32.1. The highest BCUT2D eigenvalue weighted by molar-refractivity contribution is 7.25. The van der Waals surface area contributed by atoms with E-state index in [1.54, 1.807) is 0 Å². The summed E-state index contributed by atoms with van der Waals surface area (Å²) in [4.78, 5) is 10.5. The summed E-state index contributed by atoms with van der Waals surface area (Å²) in [7, 11) is 0. The van der Waals surface area contributed by atoms with Crippen LogP contribution in [0.15, 0.2) is 219 Å². The second kappa shape index (κ2) is 14.2. The number of benzene rings is 9. The van der Waals surface area contributed by atoms with Gasteiger partial charge in [-0.25, -0.2) is 0 Å². The predicted octanol–water partition coefficient (Wildman–Crippen LogP) is 14.3. The van der Waals surface area contributed by atoms with Gasteiger partial charge in [-0.15, -0.1) is 11.3 Å². The Kier molecular flexibility index (Phi) is 8.01. The molecule has 13 aromatic rings. The van der Waals surface area contributed by atoms with Gasteiger partial charge >= 0.3 is 5.82 Å². The van der Waals surface area contributed by atoms with Gasteiger partial charge in [0.1, 0.15) is 5.69 Å². The van der Waals surface area contributed by atoms with Crippen molar-refractivity contribution in [2.75, 3.05) is 0 Å². The summed E-state index contributed by atoms with van der Waals surface area (Å²) in [6.45, 7) is 0. The molecular formula is C57H36N5S+. The van der Waals surface area contributed by atoms with Crippen LogP contribution in [0.4, 0.5) is 0 Å². The molecule has 0 spiro atoms. The van der Waals surface area contributed by atoms with Crippen molar-refractivity contribution in [3.05, 3.63) is 219 Å². The van der Waals surface area contributed by atoms with Crippen molar-refractivity contribution in [1.82, 2.24) is 19.1 Å². The lowest BCUT2D eigenvalue weighted by Gasteiger charge is -2.12. The zero-order valence-electron chi connectivity index (χ0n) is 33.9. The largest absolute Gasteiger partial charge is 0.309 e. The van der Waals surface area contributed by atoms with Crippen LogP contribution in [-0.2, 0) is 0 Å². The molecule has 0 radical (unpaired) electrons. The molecule has 0 unspecified atom stereocenters. The average molecular weight is 823 g/mol. The molecule has 0 aliphatic heterocycles. The fraction of sp³-hybridized carbons (Fsp3) is 0. The second-order valence-electron chi connectivity index (χ2n) is 16.1. The number of hydrogen-bond donors (Lipinski definition) is 0. The molecule has 0 N–H and O–H groups in total. The third-order valence-corrected chi connectivity index (χ3v) is 13.6. The van der Waals surface area contributed by atoms with Crippen molar-refractivity contribution in [3.8, 4) is 51.0 Å². The maximum absolute atomic E-state index is 5.37. The van der Waals surface area contributed by atoms with Crippen molar-refractivity contribution in [2.24, 2.45) is 0 Å². The molecule has 0 amide bonds. The molecule has 63 heavy (non-hydrogen) atoms. The first-order valence-corrected chi connectivity index (χ1v) is 22.0. The highest BCUT2D eigenvalue weighted by Crippen LogP contribution is 2.39. The summed E-state index contributed by atoms with van der Waals surface area (Å²) in [5.74, 6) is 1.48. The van der Waals surface area contributed by atoms with E-state index >= 15 is 0 Å². The third-order valence-electron chi connectivity index (χ3n) is 12.5. The van der Waals surface area contributed by atoms with Gasteiger partial charge in [0.2, 0.25) is 6.33 Å². The smallest absolute Gasteiger partial charge is 0.308 e. The van der Waals surface area contributed by atoms with Gasteiger partial charge in [0.05, 0.1) is 33.2 Å². The summed E-state index contributed by atoms with van der Waals surface area (Å²) in [6.07, 6.45) is 1.93. The minimum atomic E-state index is 0.658. The minimum Gasteiger partial charge on any atom is -0.309 e. The van der Waals surface area contributed by atoms with Crippen LogP contribution in [0.1, 0.15) is 0 Å². The molecule has 0 aliphatic rings. The van der Waals surface area contributed by atoms with E-state index in [2.05, 4.69) is 220 Å². The van der Waals surface area contributed by atoms with Crippen LogP contribution < -0.4 is 4.57 Å². The Balaban J connectivity index is 1.01. The maximum Gasteiger partial charge on any atom is 0.308 e. The normalized spacial score (nSPS) is 11.8. The topological polar surface area (TPSA) is 39.5 Å². The molecule has 294 valence electrons. The monoisotopic (exact) mass is 822 g/mol. The summed E-state index contributed by atoms with van der Waals surface area (Å²) in [5, 5.41) is 7.38. The van der Waals surface area contributed by atoms with Crippen LogP contribution in [0.3, 0.4) is 0 Å². The van der Waals surface area contributed by atoms with E-state index in [4.69, 9.17) is 9.97 Å². The first-order valence-electron chi connectivity index (χ1n) is 21.2. The zero-order chi connectivity index (χ0) is 41.4. The van der Waals surface area contributed by atoms with Crippen LogP contribution >= 0.6 is 11.3 Å². The summed E-state index contributed by atoms with van der Waals surface area (Å²) < 4.78 is 9.48. The van der Waals surface area contributed by atoms with Gasteiger partial charge in [0.25, 0.3) is 5.82 Å². The van der Waals surface area contributed by atoms with Crippen LogP contribution in [0, 0.1) is 0 Å². The van der Waals surface area contributed by atoms with Gasteiger partial charge < -0.3 is 9.13 Å². The van der Waals surface area contributed by atoms with Crippen molar-refractivity contribution >= 4 is 75.1 Å². The molecule has 6 heteroatoms. The number of nitrogens with zero attached hydrogens (tertiary/aromatic N) is 5. The Bertz CT molecular complexity index is 3860. The van der Waals surface area contributed by atoms with Crippen molar-refractivity contribution in [3.63, 3.8) is 0 Å². The van der Waals surface area contributed by atoms with E-state index in [0.29, 0.717) is 5.82 Å². The summed E-state index contributed by atoms with van der Waals surface area (Å²) in [5.41, 5.74) is 12.1. The molecule has 0 saturated carbocycles. The molecule has 13 rings (SSSR count). The standard InChI is InChI=1S/C57H36N5S/c1-3-14-37(15-4-1)39-26-29-46-47-30-27-43(61-50-23-10-7-20-44(50)45-21-8-11-24-51(45)61)35-53(47)62(52(46)33-39)42-19-13-18-40(32-42)56-58-36-60(57(59-56)38-16-5-2-6-17-38)41-28-31-55-49(34-41)48-22-9-12-25-54(48)63-55/h1-36H/q+1. The molecule has 4 aromatic heterocycles. The van der Waals surface area contributed by atoms with Gasteiger partial charge in [-0.05, 0) is 96.1 Å². The SMILES string of the molecule is c1ccc(-c2ccc3c4ccc(-n5c6ccccc6c6ccccc65)cc4n(-c4cccc(-c5nc[n+](-c6ccc7sc8ccccc8c7c6)c(-c6ccccc6)n5)c4)c3c2)cc1. The lowest BCUT2D eigenvalue weighted by molar-refractivity contribution is -0.590. The molecule has 0 atom stereocenters. The second-order valence-corrected chi connectivity index (χ2v) is 17.2. The number of fused-ring (bicyclic) bond motifs is 9. The Hall–Kier alpha value is -8.19. The first kappa shape index (κ1) is 35.6. The van der Waals surface area contributed by atoms with Crippen LogP contribution in [0.25, 0.3) is 115 Å². The summed E-state index contributed by atoms with van der Waals surface area (Å²) in [6, 6.07) is 76.2. The number of rotatable bonds is 6. The van der Waals surface area contributed by atoms with Gasteiger partial charge in [-0.1, -0.05) is 137 Å². The number of para-hydroxylation sites is 2. The number of hydrogen-bond acceptors (Lipinski definition) is 3. The zero-order valence-corrected chi connectivity index (χ0v) is 34.7. The van der Waals surface area contributed by atoms with Gasteiger partial charge in [-0.2, -0.15) is 4.57 Å². The van der Waals surface area contributed by atoms with E-state index < -0.39 is 0 Å². The molecule has 0 fully saturated rings. The predicted molar refractivity (Wildman–Crippen MR) is 261 cm³/mol. The Morgan fingerprint density at radius 1 is 0.365 bits per heavy atom. The third kappa shape index (κ3) is 5.73. The van der Waals surface area contributed by atoms with Crippen LogP contribution in [0.5, 0.6) is 0 Å². The summed E-state index contributed by atoms with van der Waals surface area (Å²) >= 11 is 1.82. The number of aromatic nitrogens is 5. The van der Waals surface area contributed by atoms with Crippen molar-refractivity contribution in [2.45, 2.75) is 0 Å². The molecule has 0 saturated heterocycles.